The van der Waals surface area contributed by atoms with Crippen LogP contribution in [0.4, 0.5) is 0 Å². The predicted molar refractivity (Wildman–Crippen MR) is 102 cm³/mol. The summed E-state index contributed by atoms with van der Waals surface area (Å²) in [5, 5.41) is 18.1. The third-order valence-electron chi connectivity index (χ3n) is 4.64. The Kier molecular flexibility index (Phi) is 6.01. The maximum absolute atomic E-state index is 12.9. The zero-order valence-corrected chi connectivity index (χ0v) is 16.1. The lowest BCUT2D eigenvalue weighted by molar-refractivity contribution is -0.309. The maximum Gasteiger partial charge on any atom is 0.268 e. The molecule has 8 nitrogen and oxygen atoms in total. The van der Waals surface area contributed by atoms with Gasteiger partial charge in [0.25, 0.3) is 5.91 Å². The zero-order chi connectivity index (χ0) is 20.9. The molecule has 0 aromatic heterocycles. The number of carbonyl (C=O) groups is 2. The molecule has 2 aromatic carbocycles. The molecule has 1 amide bonds. The third-order valence-corrected chi connectivity index (χ3v) is 4.64. The molecule has 1 N–H and O–H groups in total. The van der Waals surface area contributed by atoms with E-state index >= 15 is 0 Å². The molecule has 0 fully saturated rings. The van der Waals surface area contributed by atoms with Crippen LogP contribution in [0.3, 0.4) is 0 Å². The summed E-state index contributed by atoms with van der Waals surface area (Å²) >= 11 is 0. The van der Waals surface area contributed by atoms with Crippen LogP contribution in [0, 0.1) is 0 Å². The number of para-hydroxylation sites is 1. The van der Waals surface area contributed by atoms with Gasteiger partial charge in [0.1, 0.15) is 0 Å². The van der Waals surface area contributed by atoms with Crippen LogP contribution in [0.25, 0.3) is 0 Å². The summed E-state index contributed by atoms with van der Waals surface area (Å²) in [5.41, 5.74) is 0.120. The van der Waals surface area contributed by atoms with E-state index in [1.54, 1.807) is 18.2 Å². The second-order valence-electron chi connectivity index (χ2n) is 6.56. The number of ether oxygens (including phenoxy) is 2. The van der Waals surface area contributed by atoms with Gasteiger partial charge in [-0.1, -0.05) is 41.6 Å². The van der Waals surface area contributed by atoms with Crippen LogP contribution in [0.5, 0.6) is 11.5 Å². The van der Waals surface area contributed by atoms with Crippen molar-refractivity contribution >= 4 is 17.6 Å². The van der Waals surface area contributed by atoms with E-state index in [2.05, 4.69) is 10.5 Å². The van der Waals surface area contributed by atoms with Gasteiger partial charge in [0, 0.05) is 30.9 Å². The number of carboxylic acid groups (broad SMARTS) is 1. The Morgan fingerprint density at radius 3 is 2.55 bits per heavy atom. The summed E-state index contributed by atoms with van der Waals surface area (Å²) in [6.45, 7) is 0.232. The van der Waals surface area contributed by atoms with Gasteiger partial charge in [-0.2, -0.15) is 0 Å². The highest BCUT2D eigenvalue weighted by Gasteiger charge is 2.47. The van der Waals surface area contributed by atoms with Crippen molar-refractivity contribution < 1.29 is 29.0 Å². The van der Waals surface area contributed by atoms with Crippen molar-refractivity contribution in [3.8, 4) is 11.5 Å². The van der Waals surface area contributed by atoms with Crippen molar-refractivity contribution in [3.05, 3.63) is 59.7 Å². The summed E-state index contributed by atoms with van der Waals surface area (Å²) in [6.07, 6.45) is -0.683. The van der Waals surface area contributed by atoms with Gasteiger partial charge in [-0.25, -0.2) is 0 Å². The normalized spacial score (nSPS) is 17.8. The second-order valence-corrected chi connectivity index (χ2v) is 6.56. The van der Waals surface area contributed by atoms with Gasteiger partial charge in [0.05, 0.1) is 19.9 Å². The van der Waals surface area contributed by atoms with Gasteiger partial charge >= 0.3 is 0 Å². The first-order valence-electron chi connectivity index (χ1n) is 8.97. The van der Waals surface area contributed by atoms with Crippen LogP contribution in [-0.4, -0.2) is 37.4 Å². The van der Waals surface area contributed by atoms with Crippen LogP contribution in [0.1, 0.15) is 24.0 Å². The smallest absolute Gasteiger partial charge is 0.268 e. The summed E-state index contributed by atoms with van der Waals surface area (Å²) in [4.78, 5) is 29.6. The third kappa shape index (κ3) is 4.31. The quantitative estimate of drug-likeness (QED) is 0.712. The highest BCUT2D eigenvalue weighted by Crippen LogP contribution is 2.37. The average Bonchev–Trinajstić information content (AvgIpc) is 3.16. The number of hydrogen-bond acceptors (Lipinski definition) is 7. The fourth-order valence-corrected chi connectivity index (χ4v) is 3.21. The number of nitrogens with one attached hydrogen (secondary N) is 1. The molecule has 29 heavy (non-hydrogen) atoms. The highest BCUT2D eigenvalue weighted by atomic mass is 16.7. The molecule has 0 radical (unpaired) electrons. The van der Waals surface area contributed by atoms with E-state index < -0.39 is 23.9 Å². The van der Waals surface area contributed by atoms with Gasteiger partial charge in [0.15, 0.2) is 11.5 Å². The van der Waals surface area contributed by atoms with Crippen LogP contribution in [0.15, 0.2) is 53.7 Å². The standard InChI is InChI=1S/C21H22N2O6/c1-27-17-10-6-9-15(19(17)28-2)16-11-21(29-23-16,12-18(24)25)20(26)22-13-14-7-4-3-5-8-14/h3-10H,11-13H2,1-2H3,(H,22,26)(H,24,25)/p-1/t21-/m0/s1. The average molecular weight is 397 g/mol. The molecule has 1 aliphatic heterocycles. The Hall–Kier alpha value is -3.55. The first kappa shape index (κ1) is 20.2. The fourth-order valence-electron chi connectivity index (χ4n) is 3.21. The van der Waals surface area contributed by atoms with Crippen molar-refractivity contribution in [1.82, 2.24) is 5.32 Å². The number of benzene rings is 2. The molecule has 0 unspecified atom stereocenters. The number of aliphatic carboxylic acids is 1. The second kappa shape index (κ2) is 8.64. The molecule has 0 spiro atoms. The Morgan fingerprint density at radius 1 is 1.14 bits per heavy atom. The molecule has 0 aliphatic carbocycles. The minimum Gasteiger partial charge on any atom is -0.550 e. The number of carbonyl (C=O) groups excluding carboxylic acids is 2. The Morgan fingerprint density at radius 2 is 1.90 bits per heavy atom. The lowest BCUT2D eigenvalue weighted by Gasteiger charge is -2.26. The van der Waals surface area contributed by atoms with Crippen molar-refractivity contribution in [1.29, 1.82) is 0 Å². The lowest BCUT2D eigenvalue weighted by Crippen LogP contribution is -2.50. The minimum absolute atomic E-state index is 0.0505. The Balaban J connectivity index is 1.83. The SMILES string of the molecule is COc1cccc(C2=NO[C@@](CC(=O)[O-])(C(=O)NCc3ccccc3)C2)c1OC. The van der Waals surface area contributed by atoms with Gasteiger partial charge in [0.2, 0.25) is 5.60 Å². The lowest BCUT2D eigenvalue weighted by atomic mass is 9.89. The van der Waals surface area contributed by atoms with E-state index in [9.17, 15) is 14.7 Å². The zero-order valence-electron chi connectivity index (χ0n) is 16.1. The molecular formula is C21H21N2O6-. The summed E-state index contributed by atoms with van der Waals surface area (Å²) in [7, 11) is 2.99. The van der Waals surface area contributed by atoms with Crippen molar-refractivity contribution in [3.63, 3.8) is 0 Å². The number of carboxylic acids is 1. The fraction of sp³-hybridized carbons (Fsp3) is 0.286. The summed E-state index contributed by atoms with van der Waals surface area (Å²) < 4.78 is 10.7. The molecule has 1 heterocycles. The molecule has 0 saturated heterocycles. The molecular weight excluding hydrogens is 376 g/mol. The minimum atomic E-state index is -1.70. The highest BCUT2D eigenvalue weighted by molar-refractivity contribution is 6.08. The van der Waals surface area contributed by atoms with Crippen LogP contribution in [0.2, 0.25) is 0 Å². The van der Waals surface area contributed by atoms with Gasteiger partial charge in [-0.3, -0.25) is 4.79 Å². The van der Waals surface area contributed by atoms with E-state index in [1.807, 2.05) is 30.3 Å². The molecule has 0 saturated carbocycles. The van der Waals surface area contributed by atoms with E-state index in [0.717, 1.165) is 5.56 Å². The van der Waals surface area contributed by atoms with E-state index in [1.165, 1.54) is 14.2 Å². The molecule has 1 atom stereocenters. The first-order chi connectivity index (χ1) is 14.0. The van der Waals surface area contributed by atoms with Gasteiger partial charge in [-0.05, 0) is 17.7 Å². The van der Waals surface area contributed by atoms with E-state index in [0.29, 0.717) is 22.8 Å². The number of oxime groups is 1. The van der Waals surface area contributed by atoms with E-state index in [4.69, 9.17) is 14.3 Å². The monoisotopic (exact) mass is 397 g/mol. The number of nitrogens with zero attached hydrogens (tertiary/aromatic N) is 1. The largest absolute Gasteiger partial charge is 0.550 e. The van der Waals surface area contributed by atoms with Gasteiger partial charge < -0.3 is 29.5 Å². The first-order valence-corrected chi connectivity index (χ1v) is 8.97. The molecule has 8 heteroatoms. The summed E-state index contributed by atoms with van der Waals surface area (Å²) in [5.74, 6) is -1.08. The van der Waals surface area contributed by atoms with Crippen LogP contribution >= 0.6 is 0 Å². The summed E-state index contributed by atoms with van der Waals surface area (Å²) in [6, 6.07) is 14.5. The molecule has 3 rings (SSSR count). The molecule has 152 valence electrons. The number of hydrogen-bond donors (Lipinski definition) is 1. The number of rotatable bonds is 8. The van der Waals surface area contributed by atoms with Crippen molar-refractivity contribution in [2.75, 3.05) is 14.2 Å². The van der Waals surface area contributed by atoms with Crippen molar-refractivity contribution in [2.45, 2.75) is 25.0 Å². The maximum atomic E-state index is 12.9. The molecule has 1 aliphatic rings. The molecule has 0 bridgehead atoms. The number of amides is 1. The number of methoxy groups -OCH3 is 2. The van der Waals surface area contributed by atoms with E-state index in [-0.39, 0.29) is 13.0 Å². The predicted octanol–water partition coefficient (Wildman–Crippen LogP) is 1.02. The van der Waals surface area contributed by atoms with Crippen molar-refractivity contribution in [2.24, 2.45) is 5.16 Å². The molecule has 2 aromatic rings. The van der Waals surface area contributed by atoms with Gasteiger partial charge in [-0.15, -0.1) is 0 Å². The Bertz CT molecular complexity index is 928. The Labute approximate surface area is 168 Å². The topological polar surface area (TPSA) is 109 Å². The van der Waals surface area contributed by atoms with Crippen LogP contribution in [-0.2, 0) is 21.0 Å². The van der Waals surface area contributed by atoms with Crippen LogP contribution < -0.4 is 19.9 Å².